The van der Waals surface area contributed by atoms with Crippen LogP contribution in [-0.4, -0.2) is 20.4 Å². The average Bonchev–Trinajstić information content (AvgIpc) is 2.56. The van der Waals surface area contributed by atoms with Gasteiger partial charge in [-0.05, 0) is 68.3 Å². The van der Waals surface area contributed by atoms with Gasteiger partial charge in [-0.25, -0.2) is 8.42 Å². The number of nitrogens with one attached hydrogen (secondary N) is 2. The number of aryl methyl sites for hydroxylation is 1. The van der Waals surface area contributed by atoms with E-state index in [4.69, 9.17) is 11.6 Å². The molecule has 0 saturated heterocycles. The Morgan fingerprint density at radius 2 is 1.80 bits per heavy atom. The number of hydrogen-bond acceptors (Lipinski definition) is 3. The predicted octanol–water partition coefficient (Wildman–Crippen LogP) is 3.98. The Balaban J connectivity index is 2.21. The van der Waals surface area contributed by atoms with Crippen LogP contribution in [-0.2, 0) is 10.0 Å². The molecule has 2 N–H and O–H groups in total. The summed E-state index contributed by atoms with van der Waals surface area (Å²) in [5.41, 5.74) is 1.58. The van der Waals surface area contributed by atoms with Gasteiger partial charge in [-0.1, -0.05) is 18.5 Å². The van der Waals surface area contributed by atoms with Gasteiger partial charge in [0.15, 0.2) is 0 Å². The van der Waals surface area contributed by atoms with E-state index in [1.165, 1.54) is 24.3 Å². The van der Waals surface area contributed by atoms with Gasteiger partial charge in [-0.2, -0.15) is 0 Å². The van der Waals surface area contributed by atoms with Gasteiger partial charge in [0.25, 0.3) is 15.9 Å². The van der Waals surface area contributed by atoms with Crippen LogP contribution in [0.5, 0.6) is 0 Å². The summed E-state index contributed by atoms with van der Waals surface area (Å²) in [7, 11) is -3.72. The van der Waals surface area contributed by atoms with Crippen molar-refractivity contribution >= 4 is 33.2 Å². The molecule has 0 spiro atoms. The van der Waals surface area contributed by atoms with Crippen LogP contribution in [0.15, 0.2) is 47.4 Å². The van der Waals surface area contributed by atoms with Crippen LogP contribution in [0.2, 0.25) is 5.02 Å². The minimum absolute atomic E-state index is 0.0795. The highest BCUT2D eigenvalue weighted by Crippen LogP contribution is 2.22. The average molecular weight is 381 g/mol. The van der Waals surface area contributed by atoms with Crippen molar-refractivity contribution in [3.05, 3.63) is 58.6 Å². The molecule has 1 atom stereocenters. The Morgan fingerprint density at radius 3 is 2.36 bits per heavy atom. The summed E-state index contributed by atoms with van der Waals surface area (Å²) in [5, 5.41) is 3.35. The van der Waals surface area contributed by atoms with E-state index in [0.29, 0.717) is 21.8 Å². The van der Waals surface area contributed by atoms with E-state index in [0.717, 1.165) is 6.42 Å². The van der Waals surface area contributed by atoms with Crippen molar-refractivity contribution in [2.45, 2.75) is 38.1 Å². The molecule has 2 rings (SSSR count). The Kier molecular flexibility index (Phi) is 6.08. The summed E-state index contributed by atoms with van der Waals surface area (Å²) in [5.74, 6) is -0.176. The van der Waals surface area contributed by atoms with Gasteiger partial charge in [0.2, 0.25) is 0 Å². The molecule has 0 bridgehead atoms. The molecule has 0 radical (unpaired) electrons. The highest BCUT2D eigenvalue weighted by atomic mass is 35.5. The molecule has 0 aliphatic heterocycles. The first-order valence-electron chi connectivity index (χ1n) is 7.93. The molecule has 0 aliphatic rings. The molecule has 0 heterocycles. The maximum atomic E-state index is 12.4. The van der Waals surface area contributed by atoms with E-state index in [1.807, 2.05) is 13.8 Å². The second-order valence-electron chi connectivity index (χ2n) is 5.87. The number of hydrogen-bond donors (Lipinski definition) is 2. The zero-order valence-electron chi connectivity index (χ0n) is 14.3. The molecular formula is C18H21ClN2O3S. The van der Waals surface area contributed by atoms with Gasteiger partial charge in [-0.3, -0.25) is 9.52 Å². The van der Waals surface area contributed by atoms with E-state index >= 15 is 0 Å². The Labute approximate surface area is 153 Å². The highest BCUT2D eigenvalue weighted by molar-refractivity contribution is 7.92. The normalized spacial score (nSPS) is 12.5. The fourth-order valence-electron chi connectivity index (χ4n) is 2.15. The Hall–Kier alpha value is -2.05. The van der Waals surface area contributed by atoms with E-state index in [-0.39, 0.29) is 16.8 Å². The van der Waals surface area contributed by atoms with Gasteiger partial charge < -0.3 is 5.32 Å². The summed E-state index contributed by atoms with van der Waals surface area (Å²) in [6, 6.07) is 10.9. The SMILES string of the molecule is CC[C@H](C)NC(=O)c1ccc(NS(=O)(=O)c2ccc(Cl)cc2)c(C)c1. The number of rotatable bonds is 6. The third kappa shape index (κ3) is 4.96. The van der Waals surface area contributed by atoms with Crippen LogP contribution in [0.25, 0.3) is 0 Å². The van der Waals surface area contributed by atoms with Crippen molar-refractivity contribution < 1.29 is 13.2 Å². The smallest absolute Gasteiger partial charge is 0.261 e. The zero-order chi connectivity index (χ0) is 18.6. The summed E-state index contributed by atoms with van der Waals surface area (Å²) in [4.78, 5) is 12.3. The Morgan fingerprint density at radius 1 is 1.16 bits per heavy atom. The van der Waals surface area contributed by atoms with Crippen molar-refractivity contribution in [2.24, 2.45) is 0 Å². The zero-order valence-corrected chi connectivity index (χ0v) is 15.9. The third-order valence-electron chi connectivity index (χ3n) is 3.85. The van der Waals surface area contributed by atoms with Crippen molar-refractivity contribution in [3.63, 3.8) is 0 Å². The van der Waals surface area contributed by atoms with Crippen molar-refractivity contribution in [1.29, 1.82) is 0 Å². The highest BCUT2D eigenvalue weighted by Gasteiger charge is 2.16. The summed E-state index contributed by atoms with van der Waals surface area (Å²) in [6.45, 7) is 5.67. The van der Waals surface area contributed by atoms with Crippen LogP contribution >= 0.6 is 11.6 Å². The molecule has 0 unspecified atom stereocenters. The molecule has 25 heavy (non-hydrogen) atoms. The fraction of sp³-hybridized carbons (Fsp3) is 0.278. The molecule has 0 saturated carbocycles. The summed E-state index contributed by atoms with van der Waals surface area (Å²) < 4.78 is 27.4. The van der Waals surface area contributed by atoms with Gasteiger partial charge in [-0.15, -0.1) is 0 Å². The maximum absolute atomic E-state index is 12.4. The quantitative estimate of drug-likeness (QED) is 0.795. The topological polar surface area (TPSA) is 75.3 Å². The molecule has 0 aromatic heterocycles. The monoisotopic (exact) mass is 380 g/mol. The largest absolute Gasteiger partial charge is 0.350 e. The third-order valence-corrected chi connectivity index (χ3v) is 5.48. The molecule has 0 fully saturated rings. The molecular weight excluding hydrogens is 360 g/mol. The lowest BCUT2D eigenvalue weighted by Gasteiger charge is -2.14. The number of amides is 1. The van der Waals surface area contributed by atoms with Gasteiger partial charge >= 0.3 is 0 Å². The van der Waals surface area contributed by atoms with Crippen molar-refractivity contribution in [1.82, 2.24) is 5.32 Å². The summed E-state index contributed by atoms with van der Waals surface area (Å²) >= 11 is 5.79. The molecule has 7 heteroatoms. The Bertz CT molecular complexity index is 864. The van der Waals surface area contributed by atoms with Crippen LogP contribution in [0.1, 0.15) is 36.2 Å². The standard InChI is InChI=1S/C18H21ClN2O3S/c1-4-13(3)20-18(22)14-5-10-17(12(2)11-14)21-25(23,24)16-8-6-15(19)7-9-16/h5-11,13,21H,4H2,1-3H3,(H,20,22)/t13-/m0/s1. The van der Waals surface area contributed by atoms with Gasteiger partial charge in [0, 0.05) is 16.6 Å². The van der Waals surface area contributed by atoms with Crippen molar-refractivity contribution in [3.8, 4) is 0 Å². The van der Waals surface area contributed by atoms with Crippen LogP contribution in [0.3, 0.4) is 0 Å². The van der Waals surface area contributed by atoms with Crippen LogP contribution < -0.4 is 10.0 Å². The lowest BCUT2D eigenvalue weighted by molar-refractivity contribution is 0.0939. The van der Waals surface area contributed by atoms with Gasteiger partial charge in [0.1, 0.15) is 0 Å². The second kappa shape index (κ2) is 7.89. The molecule has 2 aromatic carbocycles. The lowest BCUT2D eigenvalue weighted by atomic mass is 10.1. The van der Waals surface area contributed by atoms with Crippen molar-refractivity contribution in [2.75, 3.05) is 4.72 Å². The predicted molar refractivity (Wildman–Crippen MR) is 101 cm³/mol. The molecule has 1 amide bonds. The number of sulfonamides is 1. The number of carbonyl (C=O) groups excluding carboxylic acids is 1. The molecule has 2 aromatic rings. The number of anilines is 1. The number of benzene rings is 2. The first kappa shape index (κ1) is 19.3. The van der Waals surface area contributed by atoms with E-state index < -0.39 is 10.0 Å². The van der Waals surface area contributed by atoms with Crippen LogP contribution in [0.4, 0.5) is 5.69 Å². The number of carbonyl (C=O) groups is 1. The second-order valence-corrected chi connectivity index (χ2v) is 7.99. The van der Waals surface area contributed by atoms with E-state index in [1.54, 1.807) is 25.1 Å². The van der Waals surface area contributed by atoms with Gasteiger partial charge in [0.05, 0.1) is 10.6 Å². The first-order valence-corrected chi connectivity index (χ1v) is 9.79. The minimum atomic E-state index is -3.72. The molecule has 134 valence electrons. The van der Waals surface area contributed by atoms with Crippen LogP contribution in [0, 0.1) is 6.92 Å². The summed E-state index contributed by atoms with van der Waals surface area (Å²) in [6.07, 6.45) is 0.837. The fourth-order valence-corrected chi connectivity index (χ4v) is 3.40. The first-order chi connectivity index (χ1) is 11.7. The molecule has 0 aliphatic carbocycles. The number of halogens is 1. The van der Waals surface area contributed by atoms with E-state index in [9.17, 15) is 13.2 Å². The minimum Gasteiger partial charge on any atom is -0.350 e. The van der Waals surface area contributed by atoms with E-state index in [2.05, 4.69) is 10.0 Å². The maximum Gasteiger partial charge on any atom is 0.261 e. The molecule has 5 nitrogen and oxygen atoms in total. The lowest BCUT2D eigenvalue weighted by Crippen LogP contribution is -2.31.